The highest BCUT2D eigenvalue weighted by atomic mass is 32.1. The lowest BCUT2D eigenvalue weighted by atomic mass is 10.1. The van der Waals surface area contributed by atoms with E-state index in [-0.39, 0.29) is 36.8 Å². The molecule has 0 aliphatic heterocycles. The molecule has 0 saturated heterocycles. The summed E-state index contributed by atoms with van der Waals surface area (Å²) in [5.74, 6) is -1.92. The van der Waals surface area contributed by atoms with E-state index >= 15 is 0 Å². The largest absolute Gasteiger partial charge is 0.352 e. The average molecular weight is 401 g/mol. The zero-order chi connectivity index (χ0) is 19.9. The Kier molecular flexibility index (Phi) is 6.44. The smallest absolute Gasteiger partial charge is 0.230 e. The zero-order valence-corrected chi connectivity index (χ0v) is 15.6. The van der Waals surface area contributed by atoms with Gasteiger partial charge in [0.15, 0.2) is 5.13 Å². The Balaban J connectivity index is 1.48. The van der Waals surface area contributed by atoms with Gasteiger partial charge in [0.25, 0.3) is 0 Å². The molecule has 2 N–H and O–H groups in total. The van der Waals surface area contributed by atoms with Crippen LogP contribution in [0.25, 0.3) is 0 Å². The summed E-state index contributed by atoms with van der Waals surface area (Å²) in [6.07, 6.45) is 0.230. The van der Waals surface area contributed by atoms with Crippen molar-refractivity contribution in [2.45, 2.75) is 19.4 Å². The number of anilines is 1. The Morgan fingerprint density at radius 3 is 2.54 bits per heavy atom. The molecule has 0 spiro atoms. The van der Waals surface area contributed by atoms with Crippen molar-refractivity contribution in [2.75, 3.05) is 5.32 Å². The van der Waals surface area contributed by atoms with Gasteiger partial charge in [0.1, 0.15) is 11.6 Å². The van der Waals surface area contributed by atoms with Gasteiger partial charge < -0.3 is 10.6 Å². The van der Waals surface area contributed by atoms with Gasteiger partial charge in [-0.05, 0) is 11.6 Å². The van der Waals surface area contributed by atoms with E-state index in [9.17, 15) is 18.4 Å². The van der Waals surface area contributed by atoms with Gasteiger partial charge in [0.05, 0.1) is 18.5 Å². The standard InChI is InChI=1S/C20H17F2N3O2S/c21-15-7-6-14(17(22)9-15)11-23-18(26)10-16-12-28-20(24-16)25-19(27)8-13-4-2-1-3-5-13/h1-7,9,12H,8,10-11H2,(H,23,26)(H,24,25,27). The molecular weight excluding hydrogens is 384 g/mol. The molecule has 0 saturated carbocycles. The van der Waals surface area contributed by atoms with Crippen molar-refractivity contribution in [1.82, 2.24) is 10.3 Å². The number of thiazole rings is 1. The van der Waals surface area contributed by atoms with E-state index in [1.807, 2.05) is 30.3 Å². The summed E-state index contributed by atoms with van der Waals surface area (Å²) >= 11 is 1.22. The number of rotatable bonds is 7. The van der Waals surface area contributed by atoms with Gasteiger partial charge in [-0.1, -0.05) is 36.4 Å². The van der Waals surface area contributed by atoms with E-state index in [1.165, 1.54) is 17.4 Å². The molecule has 5 nitrogen and oxygen atoms in total. The molecule has 0 unspecified atom stereocenters. The van der Waals surface area contributed by atoms with Crippen LogP contribution in [-0.4, -0.2) is 16.8 Å². The van der Waals surface area contributed by atoms with Crippen LogP contribution in [0.15, 0.2) is 53.9 Å². The first-order chi connectivity index (χ1) is 13.5. The van der Waals surface area contributed by atoms with Gasteiger partial charge in [-0.3, -0.25) is 9.59 Å². The van der Waals surface area contributed by atoms with Crippen LogP contribution < -0.4 is 10.6 Å². The Morgan fingerprint density at radius 2 is 1.79 bits per heavy atom. The Labute approximate surface area is 164 Å². The van der Waals surface area contributed by atoms with Crippen molar-refractivity contribution in [1.29, 1.82) is 0 Å². The summed E-state index contributed by atoms with van der Waals surface area (Å²) in [7, 11) is 0. The van der Waals surface area contributed by atoms with E-state index in [2.05, 4.69) is 15.6 Å². The maximum absolute atomic E-state index is 13.6. The van der Waals surface area contributed by atoms with Crippen LogP contribution in [0.3, 0.4) is 0 Å². The lowest BCUT2D eigenvalue weighted by Gasteiger charge is -2.05. The monoisotopic (exact) mass is 401 g/mol. The summed E-state index contributed by atoms with van der Waals surface area (Å²) in [4.78, 5) is 28.3. The molecule has 0 aliphatic rings. The molecule has 28 heavy (non-hydrogen) atoms. The minimum atomic E-state index is -0.711. The predicted octanol–water partition coefficient (Wildman–Crippen LogP) is 3.46. The van der Waals surface area contributed by atoms with Gasteiger partial charge >= 0.3 is 0 Å². The molecule has 2 amide bonds. The van der Waals surface area contributed by atoms with Crippen molar-refractivity contribution in [3.63, 3.8) is 0 Å². The second-order valence-corrected chi connectivity index (χ2v) is 6.90. The lowest BCUT2D eigenvalue weighted by Crippen LogP contribution is -2.25. The number of hydrogen-bond donors (Lipinski definition) is 2. The van der Waals surface area contributed by atoms with E-state index in [0.29, 0.717) is 10.8 Å². The maximum Gasteiger partial charge on any atom is 0.230 e. The number of nitrogens with zero attached hydrogens (tertiary/aromatic N) is 1. The van der Waals surface area contributed by atoms with Gasteiger partial charge in [-0.2, -0.15) is 0 Å². The fourth-order valence-corrected chi connectivity index (χ4v) is 3.20. The predicted molar refractivity (Wildman–Crippen MR) is 103 cm³/mol. The van der Waals surface area contributed by atoms with Crippen molar-refractivity contribution in [3.8, 4) is 0 Å². The Bertz CT molecular complexity index is 977. The van der Waals surface area contributed by atoms with Crippen LogP contribution in [0.4, 0.5) is 13.9 Å². The average Bonchev–Trinajstić information content (AvgIpc) is 3.08. The van der Waals surface area contributed by atoms with Crippen LogP contribution in [0.5, 0.6) is 0 Å². The summed E-state index contributed by atoms with van der Waals surface area (Å²) < 4.78 is 26.5. The number of halogens is 2. The topological polar surface area (TPSA) is 71.1 Å². The molecule has 8 heteroatoms. The third kappa shape index (κ3) is 5.68. The normalized spacial score (nSPS) is 10.5. The molecule has 3 rings (SSSR count). The van der Waals surface area contributed by atoms with Gasteiger partial charge in [0.2, 0.25) is 11.8 Å². The number of aromatic nitrogens is 1. The first-order valence-corrected chi connectivity index (χ1v) is 9.36. The lowest BCUT2D eigenvalue weighted by molar-refractivity contribution is -0.120. The molecule has 0 bridgehead atoms. The van der Waals surface area contributed by atoms with E-state index in [0.717, 1.165) is 17.7 Å². The van der Waals surface area contributed by atoms with Crippen LogP contribution in [0, 0.1) is 11.6 Å². The minimum absolute atomic E-state index is 0.00608. The number of nitrogens with one attached hydrogen (secondary N) is 2. The number of carbonyl (C=O) groups is 2. The van der Waals surface area contributed by atoms with Gasteiger partial charge in [-0.15, -0.1) is 11.3 Å². The summed E-state index contributed by atoms with van der Waals surface area (Å²) in [6.45, 7) is -0.0459. The molecule has 1 heterocycles. The SMILES string of the molecule is O=C(Cc1csc(NC(=O)Cc2ccccc2)n1)NCc1ccc(F)cc1F. The first-order valence-electron chi connectivity index (χ1n) is 8.48. The molecule has 0 radical (unpaired) electrons. The molecule has 0 fully saturated rings. The second kappa shape index (κ2) is 9.18. The van der Waals surface area contributed by atoms with Crippen LogP contribution >= 0.6 is 11.3 Å². The van der Waals surface area contributed by atoms with Crippen molar-refractivity contribution >= 4 is 28.3 Å². The van der Waals surface area contributed by atoms with Gasteiger partial charge in [-0.25, -0.2) is 13.8 Å². The highest BCUT2D eigenvalue weighted by Crippen LogP contribution is 2.16. The van der Waals surface area contributed by atoms with Gasteiger partial charge in [0, 0.05) is 23.6 Å². The Hall–Kier alpha value is -3.13. The third-order valence-corrected chi connectivity index (χ3v) is 4.64. The first kappa shape index (κ1) is 19.6. The fraction of sp³-hybridized carbons (Fsp3) is 0.150. The zero-order valence-electron chi connectivity index (χ0n) is 14.7. The van der Waals surface area contributed by atoms with Crippen LogP contribution in [-0.2, 0) is 29.0 Å². The number of benzene rings is 2. The minimum Gasteiger partial charge on any atom is -0.352 e. The number of amides is 2. The molecule has 2 aromatic carbocycles. The van der Waals surface area contributed by atoms with Crippen LogP contribution in [0.2, 0.25) is 0 Å². The number of hydrogen-bond acceptors (Lipinski definition) is 4. The summed E-state index contributed by atoms with van der Waals surface area (Å²) in [5.41, 5.74) is 1.59. The highest BCUT2D eigenvalue weighted by Gasteiger charge is 2.11. The number of carbonyl (C=O) groups excluding carboxylic acids is 2. The molecular formula is C20H17F2N3O2S. The third-order valence-electron chi connectivity index (χ3n) is 3.84. The maximum atomic E-state index is 13.6. The van der Waals surface area contributed by atoms with Crippen molar-refractivity contribution < 1.29 is 18.4 Å². The van der Waals surface area contributed by atoms with E-state index < -0.39 is 11.6 Å². The molecule has 0 atom stereocenters. The van der Waals surface area contributed by atoms with E-state index in [4.69, 9.17) is 0 Å². The molecule has 0 aliphatic carbocycles. The molecule has 144 valence electrons. The highest BCUT2D eigenvalue weighted by molar-refractivity contribution is 7.13. The van der Waals surface area contributed by atoms with Crippen LogP contribution in [0.1, 0.15) is 16.8 Å². The molecule has 3 aromatic rings. The summed E-state index contributed by atoms with van der Waals surface area (Å²) in [6, 6.07) is 12.5. The van der Waals surface area contributed by atoms with E-state index in [1.54, 1.807) is 5.38 Å². The fourth-order valence-electron chi connectivity index (χ4n) is 2.48. The van der Waals surface area contributed by atoms with Crippen molar-refractivity contribution in [2.24, 2.45) is 0 Å². The second-order valence-electron chi connectivity index (χ2n) is 6.04. The summed E-state index contributed by atoms with van der Waals surface area (Å²) in [5, 5.41) is 7.36. The quantitative estimate of drug-likeness (QED) is 0.637. The Morgan fingerprint density at radius 1 is 1.00 bits per heavy atom. The molecule has 1 aromatic heterocycles. The van der Waals surface area contributed by atoms with Crippen molar-refractivity contribution in [3.05, 3.63) is 82.4 Å².